The van der Waals surface area contributed by atoms with Crippen LogP contribution < -0.4 is 27.0 Å². The van der Waals surface area contributed by atoms with E-state index in [4.69, 9.17) is 20.4 Å². The first-order chi connectivity index (χ1) is 25.3. The van der Waals surface area contributed by atoms with Gasteiger partial charge in [0.2, 0.25) is 5.91 Å². The van der Waals surface area contributed by atoms with Crippen molar-refractivity contribution in [1.82, 2.24) is 5.32 Å². The van der Waals surface area contributed by atoms with Gasteiger partial charge in [-0.25, -0.2) is 0 Å². The molecule has 0 bridgehead atoms. The normalized spacial score (nSPS) is 12.9. The van der Waals surface area contributed by atoms with Crippen LogP contribution in [0.3, 0.4) is 0 Å². The van der Waals surface area contributed by atoms with Gasteiger partial charge >= 0.3 is 0 Å². The first kappa shape index (κ1) is 36.8. The summed E-state index contributed by atoms with van der Waals surface area (Å²) < 4.78 is 11.1. The fourth-order valence-electron chi connectivity index (χ4n) is 5.54. The minimum absolute atomic E-state index is 0.0606. The summed E-state index contributed by atoms with van der Waals surface area (Å²) in [5, 5.41) is 24.2. The molecule has 0 aliphatic heterocycles. The summed E-state index contributed by atoms with van der Waals surface area (Å²) in [4.78, 5) is 41.3. The van der Waals surface area contributed by atoms with Crippen LogP contribution in [0.2, 0.25) is 0 Å². The van der Waals surface area contributed by atoms with Crippen molar-refractivity contribution in [3.63, 3.8) is 0 Å². The van der Waals surface area contributed by atoms with Crippen molar-refractivity contribution < 1.29 is 29.1 Å². The number of ether oxygens (including phenoxy) is 2. The lowest BCUT2D eigenvalue weighted by Gasteiger charge is -2.23. The van der Waals surface area contributed by atoms with Crippen molar-refractivity contribution >= 4 is 40.6 Å². The minimum Gasteiger partial charge on any atom is -0.409 e. The van der Waals surface area contributed by atoms with E-state index in [0.717, 1.165) is 5.56 Å². The molecule has 5 rings (SSSR count). The number of nitrogens with two attached hydrogens (primary N) is 1. The summed E-state index contributed by atoms with van der Waals surface area (Å²) in [6.07, 6.45) is -1.91. The lowest BCUT2D eigenvalue weighted by molar-refractivity contribution is -0.126. The Hall–Kier alpha value is -6.50. The van der Waals surface area contributed by atoms with Crippen LogP contribution in [0.1, 0.15) is 46.1 Å². The molecule has 0 heterocycles. The number of nitrogens with zero attached hydrogens (tertiary/aromatic N) is 1. The summed E-state index contributed by atoms with van der Waals surface area (Å²) in [5.41, 5.74) is 9.94. The molecule has 0 saturated heterocycles. The van der Waals surface area contributed by atoms with Gasteiger partial charge in [-0.15, -0.1) is 0 Å². The first-order valence-electron chi connectivity index (χ1n) is 16.4. The highest BCUT2D eigenvalue weighted by Crippen LogP contribution is 2.31. The Morgan fingerprint density at radius 3 is 1.69 bits per heavy atom. The third kappa shape index (κ3) is 9.38. The lowest BCUT2D eigenvalue weighted by atomic mass is 10.0. The lowest BCUT2D eigenvalue weighted by Crippen LogP contribution is -2.33. The number of hydrogen-bond donors (Lipinski definition) is 6. The molecule has 12 heteroatoms. The van der Waals surface area contributed by atoms with Crippen LogP contribution in [0.25, 0.3) is 0 Å². The molecule has 12 nitrogen and oxygen atoms in total. The smallest absolute Gasteiger partial charge is 0.258 e. The summed E-state index contributed by atoms with van der Waals surface area (Å²) >= 11 is 0. The zero-order valence-electron chi connectivity index (χ0n) is 28.7. The molecule has 2 unspecified atom stereocenters. The van der Waals surface area contributed by atoms with Crippen molar-refractivity contribution in [1.29, 1.82) is 0 Å². The molecule has 0 spiro atoms. The van der Waals surface area contributed by atoms with E-state index in [1.165, 1.54) is 14.2 Å². The second-order valence-electron chi connectivity index (χ2n) is 11.7. The molecule has 7 N–H and O–H groups in total. The van der Waals surface area contributed by atoms with E-state index in [0.29, 0.717) is 27.9 Å². The van der Waals surface area contributed by atoms with Gasteiger partial charge in [0.25, 0.3) is 11.8 Å². The fourth-order valence-corrected chi connectivity index (χ4v) is 5.54. The fraction of sp³-hybridized carbons (Fsp3) is 0.150. The molecule has 0 aliphatic rings. The van der Waals surface area contributed by atoms with Crippen LogP contribution in [0, 0.1) is 0 Å². The summed E-state index contributed by atoms with van der Waals surface area (Å²) in [5.74, 6) is -1.38. The van der Waals surface area contributed by atoms with E-state index in [1.54, 1.807) is 78.9 Å². The maximum Gasteiger partial charge on any atom is 0.258 e. The maximum absolute atomic E-state index is 13.9. The molecule has 0 aliphatic carbocycles. The molecule has 3 amide bonds. The molecular formula is C40H40N6O6. The van der Waals surface area contributed by atoms with Crippen molar-refractivity contribution in [3.8, 4) is 0 Å². The molecule has 5 aromatic rings. The number of anilines is 3. The van der Waals surface area contributed by atoms with Crippen LogP contribution in [0.5, 0.6) is 0 Å². The van der Waals surface area contributed by atoms with E-state index in [9.17, 15) is 14.4 Å². The quantitative estimate of drug-likeness (QED) is 0.0338. The van der Waals surface area contributed by atoms with Gasteiger partial charge in [0, 0.05) is 32.0 Å². The number of methoxy groups -OCH3 is 2. The first-order valence-corrected chi connectivity index (χ1v) is 16.4. The van der Waals surface area contributed by atoms with Crippen molar-refractivity contribution in [2.24, 2.45) is 10.9 Å². The topological polar surface area (TPSA) is 176 Å². The second-order valence-corrected chi connectivity index (χ2v) is 11.7. The van der Waals surface area contributed by atoms with Crippen molar-refractivity contribution in [2.45, 2.75) is 24.8 Å². The SMILES string of the molecule is COC(C(=O)Nc1ccc([C@H](Nc2ccc(C(N)=NO)cc2)C(=O)NCc2ccccc2)cc1NC(=O)C(OC)c1ccccc1)c1ccccc1. The third-order valence-corrected chi connectivity index (χ3v) is 8.22. The molecule has 5 aromatic carbocycles. The monoisotopic (exact) mass is 700 g/mol. The predicted octanol–water partition coefficient (Wildman–Crippen LogP) is 5.90. The van der Waals surface area contributed by atoms with E-state index in [1.807, 2.05) is 54.6 Å². The Bertz CT molecular complexity index is 1980. The number of rotatable bonds is 15. The van der Waals surface area contributed by atoms with E-state index in [2.05, 4.69) is 26.4 Å². The number of hydrogen-bond acceptors (Lipinski definition) is 8. The van der Waals surface area contributed by atoms with Gasteiger partial charge in [-0.05, 0) is 58.7 Å². The Balaban J connectivity index is 1.52. The van der Waals surface area contributed by atoms with Crippen molar-refractivity contribution in [3.05, 3.63) is 161 Å². The number of amides is 3. The maximum atomic E-state index is 13.9. The van der Waals surface area contributed by atoms with Crippen LogP contribution in [0.4, 0.5) is 17.1 Å². The van der Waals surface area contributed by atoms with Crippen LogP contribution in [-0.2, 0) is 30.4 Å². The Morgan fingerprint density at radius 1 is 0.654 bits per heavy atom. The van der Waals surface area contributed by atoms with Gasteiger partial charge in [-0.3, -0.25) is 14.4 Å². The molecule has 0 aromatic heterocycles. The average Bonchev–Trinajstić information content (AvgIpc) is 3.18. The summed E-state index contributed by atoms with van der Waals surface area (Å²) in [6.45, 7) is 0.266. The van der Waals surface area contributed by atoms with Gasteiger partial charge in [0.1, 0.15) is 6.04 Å². The number of benzene rings is 5. The van der Waals surface area contributed by atoms with Gasteiger partial charge in [0.15, 0.2) is 18.0 Å². The Kier molecular flexibility index (Phi) is 12.7. The largest absolute Gasteiger partial charge is 0.409 e. The molecule has 52 heavy (non-hydrogen) atoms. The highest BCUT2D eigenvalue weighted by atomic mass is 16.5. The van der Waals surface area contributed by atoms with Crippen LogP contribution in [-0.4, -0.2) is 43.0 Å². The zero-order chi connectivity index (χ0) is 36.9. The number of carbonyl (C=O) groups excluding carboxylic acids is 3. The standard InChI is InChI=1S/C40H40N6O6/c1-51-35(27-14-8-4-9-15-27)39(48)44-32-23-20-30(24-33(32)45-40(49)36(52-2)28-16-10-5-11-17-28)34(38(47)42-25-26-12-6-3-7-13-26)43-31-21-18-29(19-22-31)37(41)46-50/h3-24,34-36,43,50H,25H2,1-2H3,(H2,41,46)(H,42,47)(H,44,48)(H,45,49)/t34-,35?,36?/m0/s1. The molecule has 266 valence electrons. The Labute approximate surface area is 301 Å². The number of nitrogens with one attached hydrogen (secondary N) is 4. The van der Waals surface area contributed by atoms with Crippen LogP contribution in [0.15, 0.2) is 139 Å². The average molecular weight is 701 g/mol. The molecule has 0 saturated carbocycles. The number of carbonyl (C=O) groups is 3. The van der Waals surface area contributed by atoms with Crippen LogP contribution >= 0.6 is 0 Å². The molecule has 0 radical (unpaired) electrons. The zero-order valence-corrected chi connectivity index (χ0v) is 28.7. The van der Waals surface area contributed by atoms with Gasteiger partial charge in [0.05, 0.1) is 11.4 Å². The number of amidine groups is 1. The minimum atomic E-state index is -0.971. The van der Waals surface area contributed by atoms with Gasteiger partial charge in [-0.1, -0.05) is 102 Å². The van der Waals surface area contributed by atoms with Crippen molar-refractivity contribution in [2.75, 3.05) is 30.2 Å². The number of oxime groups is 1. The summed E-state index contributed by atoms with van der Waals surface area (Å²) in [6, 6.07) is 38.1. The molecular weight excluding hydrogens is 660 g/mol. The van der Waals surface area contributed by atoms with E-state index >= 15 is 0 Å². The third-order valence-electron chi connectivity index (χ3n) is 8.22. The highest BCUT2D eigenvalue weighted by Gasteiger charge is 2.27. The predicted molar refractivity (Wildman–Crippen MR) is 200 cm³/mol. The summed E-state index contributed by atoms with van der Waals surface area (Å²) in [7, 11) is 2.87. The molecule has 0 fully saturated rings. The highest BCUT2D eigenvalue weighted by molar-refractivity contribution is 6.03. The Morgan fingerprint density at radius 2 is 1.17 bits per heavy atom. The second kappa shape index (κ2) is 17.9. The molecule has 3 atom stereocenters. The van der Waals surface area contributed by atoms with Gasteiger partial charge in [-0.2, -0.15) is 0 Å². The van der Waals surface area contributed by atoms with E-state index in [-0.39, 0.29) is 29.7 Å². The van der Waals surface area contributed by atoms with Gasteiger partial charge < -0.3 is 41.7 Å². The van der Waals surface area contributed by atoms with E-state index < -0.39 is 30.1 Å².